The van der Waals surface area contributed by atoms with Crippen LogP contribution in [-0.4, -0.2) is 40.0 Å². The molecule has 0 aliphatic carbocycles. The van der Waals surface area contributed by atoms with E-state index < -0.39 is 0 Å². The van der Waals surface area contributed by atoms with Crippen molar-refractivity contribution in [3.05, 3.63) is 29.0 Å². The highest BCUT2D eigenvalue weighted by atomic mass is 32.1. The Morgan fingerprint density at radius 2 is 2.30 bits per heavy atom. The van der Waals surface area contributed by atoms with Gasteiger partial charge in [-0.25, -0.2) is 15.0 Å². The summed E-state index contributed by atoms with van der Waals surface area (Å²) in [6, 6.07) is 2.03. The zero-order valence-corrected chi connectivity index (χ0v) is 12.7. The van der Waals surface area contributed by atoms with E-state index in [9.17, 15) is 0 Å². The minimum absolute atomic E-state index is 0.510. The van der Waals surface area contributed by atoms with Crippen molar-refractivity contribution >= 4 is 22.4 Å². The van der Waals surface area contributed by atoms with Crippen LogP contribution in [0, 0.1) is 6.92 Å². The smallest absolute Gasteiger partial charge is 0.229 e. The number of aryl methyl sites for hydroxylation is 1. The number of rotatable bonds is 3. The summed E-state index contributed by atoms with van der Waals surface area (Å²) in [5, 5.41) is 4.03. The second-order valence-electron chi connectivity index (χ2n) is 5.31. The van der Waals surface area contributed by atoms with Gasteiger partial charge < -0.3 is 10.2 Å². The van der Waals surface area contributed by atoms with E-state index in [1.807, 2.05) is 25.4 Å². The van der Waals surface area contributed by atoms with Gasteiger partial charge in [0.25, 0.3) is 0 Å². The summed E-state index contributed by atoms with van der Waals surface area (Å²) in [6.45, 7) is 4.30. The first kappa shape index (κ1) is 13.5. The van der Waals surface area contributed by atoms with E-state index in [-0.39, 0.29) is 0 Å². The van der Waals surface area contributed by atoms with Crippen molar-refractivity contribution in [2.75, 3.05) is 25.5 Å². The molecule has 106 valence electrons. The maximum atomic E-state index is 4.65. The van der Waals surface area contributed by atoms with Gasteiger partial charge in [-0.05, 0) is 39.4 Å². The predicted octanol–water partition coefficient (Wildman–Crippen LogP) is 2.79. The van der Waals surface area contributed by atoms with Gasteiger partial charge >= 0.3 is 0 Å². The van der Waals surface area contributed by atoms with Gasteiger partial charge in [-0.1, -0.05) is 0 Å². The van der Waals surface area contributed by atoms with Crippen molar-refractivity contribution in [2.45, 2.75) is 25.7 Å². The number of thiazole rings is 1. The number of hydrogen-bond donors (Lipinski definition) is 1. The molecule has 1 saturated heterocycles. The standard InChI is InChI=1S/C14H19N5S/c1-10-8-16-14(20-10)18-13-15-6-5-12(17-13)11-4-3-7-19(2)9-11/h5-6,8,11H,3-4,7,9H2,1-2H3,(H,15,16,17,18). The summed E-state index contributed by atoms with van der Waals surface area (Å²) in [4.78, 5) is 16.8. The Morgan fingerprint density at radius 1 is 1.40 bits per heavy atom. The van der Waals surface area contributed by atoms with Crippen LogP contribution in [-0.2, 0) is 0 Å². The van der Waals surface area contributed by atoms with Gasteiger partial charge in [0.05, 0.1) is 5.69 Å². The highest BCUT2D eigenvalue weighted by Crippen LogP contribution is 2.26. The van der Waals surface area contributed by atoms with Crippen molar-refractivity contribution in [3.8, 4) is 0 Å². The van der Waals surface area contributed by atoms with Crippen LogP contribution in [0.3, 0.4) is 0 Å². The van der Waals surface area contributed by atoms with Crippen LogP contribution < -0.4 is 5.32 Å². The summed E-state index contributed by atoms with van der Waals surface area (Å²) in [6.07, 6.45) is 6.13. The molecule has 0 saturated carbocycles. The molecule has 2 aromatic rings. The lowest BCUT2D eigenvalue weighted by atomic mass is 9.95. The summed E-state index contributed by atoms with van der Waals surface area (Å²) in [7, 11) is 2.17. The summed E-state index contributed by atoms with van der Waals surface area (Å²) in [5.74, 6) is 1.15. The Labute approximate surface area is 123 Å². The van der Waals surface area contributed by atoms with Gasteiger partial charge in [-0.2, -0.15) is 0 Å². The van der Waals surface area contributed by atoms with Crippen LogP contribution in [0.1, 0.15) is 29.3 Å². The molecule has 1 N–H and O–H groups in total. The van der Waals surface area contributed by atoms with E-state index in [0.717, 1.165) is 17.4 Å². The molecular weight excluding hydrogens is 270 g/mol. The molecule has 3 rings (SSSR count). The third-order valence-corrected chi connectivity index (χ3v) is 4.39. The minimum atomic E-state index is 0.510. The first-order valence-corrected chi connectivity index (χ1v) is 7.73. The summed E-state index contributed by atoms with van der Waals surface area (Å²) in [5.41, 5.74) is 1.13. The van der Waals surface area contributed by atoms with Crippen LogP contribution in [0.15, 0.2) is 18.5 Å². The molecule has 0 aromatic carbocycles. The second kappa shape index (κ2) is 5.85. The van der Waals surface area contributed by atoms with Crippen LogP contribution in [0.5, 0.6) is 0 Å². The average molecular weight is 289 g/mol. The fourth-order valence-corrected chi connectivity index (χ4v) is 3.23. The number of nitrogens with zero attached hydrogens (tertiary/aromatic N) is 4. The van der Waals surface area contributed by atoms with Crippen molar-refractivity contribution in [1.29, 1.82) is 0 Å². The van der Waals surface area contributed by atoms with Crippen LogP contribution in [0.2, 0.25) is 0 Å². The maximum absolute atomic E-state index is 4.65. The minimum Gasteiger partial charge on any atom is -0.306 e. The molecule has 0 spiro atoms. The normalized spacial score (nSPS) is 20.0. The zero-order chi connectivity index (χ0) is 13.9. The topological polar surface area (TPSA) is 53.9 Å². The first-order chi connectivity index (χ1) is 9.70. The largest absolute Gasteiger partial charge is 0.306 e. The molecular formula is C14H19N5S. The van der Waals surface area contributed by atoms with E-state index in [2.05, 4.69) is 32.2 Å². The SMILES string of the molecule is Cc1cnc(Nc2nccc(C3CCCN(C)C3)n2)s1. The van der Waals surface area contributed by atoms with E-state index in [1.165, 1.54) is 24.3 Å². The molecule has 2 aromatic heterocycles. The van der Waals surface area contributed by atoms with Gasteiger partial charge in [0.1, 0.15) is 0 Å². The highest BCUT2D eigenvalue weighted by molar-refractivity contribution is 7.15. The molecule has 1 atom stereocenters. The van der Waals surface area contributed by atoms with Gasteiger partial charge in [-0.3, -0.25) is 0 Å². The fourth-order valence-electron chi connectivity index (χ4n) is 2.58. The van der Waals surface area contributed by atoms with Crippen LogP contribution in [0.4, 0.5) is 11.1 Å². The summed E-state index contributed by atoms with van der Waals surface area (Å²) < 4.78 is 0. The predicted molar refractivity (Wildman–Crippen MR) is 81.6 cm³/mol. The maximum Gasteiger partial charge on any atom is 0.229 e. The molecule has 0 bridgehead atoms. The van der Waals surface area contributed by atoms with Gasteiger partial charge in [-0.15, -0.1) is 11.3 Å². The molecule has 1 fully saturated rings. The lowest BCUT2D eigenvalue weighted by molar-refractivity contribution is 0.248. The van der Waals surface area contributed by atoms with Crippen molar-refractivity contribution in [1.82, 2.24) is 19.9 Å². The second-order valence-corrected chi connectivity index (χ2v) is 6.54. The third-order valence-electron chi connectivity index (χ3n) is 3.56. The van der Waals surface area contributed by atoms with E-state index in [4.69, 9.17) is 0 Å². The zero-order valence-electron chi connectivity index (χ0n) is 11.8. The Balaban J connectivity index is 1.75. The quantitative estimate of drug-likeness (QED) is 0.941. The van der Waals surface area contributed by atoms with E-state index in [0.29, 0.717) is 11.9 Å². The Kier molecular flexibility index (Phi) is 3.93. The Hall–Kier alpha value is -1.53. The molecule has 3 heterocycles. The number of piperidine rings is 1. The van der Waals surface area contributed by atoms with Crippen molar-refractivity contribution in [3.63, 3.8) is 0 Å². The Morgan fingerprint density at radius 3 is 3.05 bits per heavy atom. The molecule has 0 amide bonds. The molecule has 1 aliphatic rings. The third kappa shape index (κ3) is 3.13. The number of hydrogen-bond acceptors (Lipinski definition) is 6. The number of aromatic nitrogens is 3. The molecule has 1 unspecified atom stereocenters. The Bertz CT molecular complexity index is 582. The van der Waals surface area contributed by atoms with Gasteiger partial charge in [0, 0.05) is 29.7 Å². The first-order valence-electron chi connectivity index (χ1n) is 6.91. The molecule has 20 heavy (non-hydrogen) atoms. The highest BCUT2D eigenvalue weighted by Gasteiger charge is 2.20. The lowest BCUT2D eigenvalue weighted by Crippen LogP contribution is -2.31. The summed E-state index contributed by atoms with van der Waals surface area (Å²) >= 11 is 1.61. The molecule has 0 radical (unpaired) electrons. The monoisotopic (exact) mass is 289 g/mol. The number of anilines is 2. The fraction of sp³-hybridized carbons (Fsp3) is 0.500. The molecule has 1 aliphatic heterocycles. The van der Waals surface area contributed by atoms with Crippen LogP contribution >= 0.6 is 11.3 Å². The van der Waals surface area contributed by atoms with Crippen molar-refractivity contribution < 1.29 is 0 Å². The number of likely N-dealkylation sites (N-methyl/N-ethyl adjacent to an activating group) is 1. The molecule has 6 heteroatoms. The van der Waals surface area contributed by atoms with E-state index >= 15 is 0 Å². The van der Waals surface area contributed by atoms with Gasteiger partial charge in [0.2, 0.25) is 5.95 Å². The lowest BCUT2D eigenvalue weighted by Gasteiger charge is -2.29. The van der Waals surface area contributed by atoms with Crippen LogP contribution in [0.25, 0.3) is 0 Å². The van der Waals surface area contributed by atoms with Gasteiger partial charge in [0.15, 0.2) is 5.13 Å². The number of nitrogens with one attached hydrogen (secondary N) is 1. The number of likely N-dealkylation sites (tertiary alicyclic amines) is 1. The molecule has 5 nitrogen and oxygen atoms in total. The van der Waals surface area contributed by atoms with Crippen molar-refractivity contribution in [2.24, 2.45) is 0 Å². The average Bonchev–Trinajstić information content (AvgIpc) is 2.84. The van der Waals surface area contributed by atoms with E-state index in [1.54, 1.807) is 11.3 Å².